The van der Waals surface area contributed by atoms with Crippen LogP contribution in [0.4, 0.5) is 0 Å². The van der Waals surface area contributed by atoms with Crippen molar-refractivity contribution >= 4 is 15.9 Å². The summed E-state index contributed by atoms with van der Waals surface area (Å²) in [5, 5.41) is 2.86. The standard InChI is InChI=1S/C22H28N2O5S/c1-28-20-9-11-21(12-10-20)30(26,27)24-14-5-8-19(16-24)22(25)23-13-15-29-17-18-6-3-2-4-7-18/h2-4,6-7,9-12,19H,5,8,13-17H2,1H3,(H,23,25)/t19-/m1/s1. The molecule has 0 bridgehead atoms. The lowest BCUT2D eigenvalue weighted by molar-refractivity contribution is -0.126. The van der Waals surface area contributed by atoms with E-state index in [0.29, 0.717) is 44.9 Å². The van der Waals surface area contributed by atoms with Crippen LogP contribution in [0.5, 0.6) is 5.75 Å². The zero-order chi connectivity index (χ0) is 21.4. The highest BCUT2D eigenvalue weighted by Crippen LogP contribution is 2.25. The number of rotatable bonds is 9. The second kappa shape index (κ2) is 10.6. The van der Waals surface area contributed by atoms with Crippen LogP contribution in [0.15, 0.2) is 59.5 Å². The van der Waals surface area contributed by atoms with Crippen LogP contribution in [0.1, 0.15) is 18.4 Å². The number of carbonyl (C=O) groups excluding carboxylic acids is 1. The van der Waals surface area contributed by atoms with Crippen molar-refractivity contribution in [2.24, 2.45) is 5.92 Å². The van der Waals surface area contributed by atoms with Crippen LogP contribution >= 0.6 is 0 Å². The summed E-state index contributed by atoms with van der Waals surface area (Å²) < 4.78 is 37.9. The summed E-state index contributed by atoms with van der Waals surface area (Å²) in [4.78, 5) is 12.7. The molecule has 1 atom stereocenters. The molecule has 0 spiro atoms. The van der Waals surface area contributed by atoms with Gasteiger partial charge in [-0.25, -0.2) is 8.42 Å². The van der Waals surface area contributed by atoms with Crippen LogP contribution in [-0.4, -0.2) is 52.0 Å². The molecule has 0 saturated carbocycles. The molecule has 8 heteroatoms. The average Bonchev–Trinajstić information content (AvgIpc) is 2.79. The van der Waals surface area contributed by atoms with E-state index in [1.54, 1.807) is 12.1 Å². The molecule has 0 unspecified atom stereocenters. The Balaban J connectivity index is 1.47. The number of carbonyl (C=O) groups is 1. The molecule has 0 aromatic heterocycles. The third kappa shape index (κ3) is 5.81. The molecule has 1 saturated heterocycles. The van der Waals surface area contributed by atoms with Gasteiger partial charge in [-0.2, -0.15) is 4.31 Å². The zero-order valence-corrected chi connectivity index (χ0v) is 17.9. The highest BCUT2D eigenvalue weighted by atomic mass is 32.2. The first-order chi connectivity index (χ1) is 14.5. The van der Waals surface area contributed by atoms with Crippen LogP contribution in [0, 0.1) is 5.92 Å². The quantitative estimate of drug-likeness (QED) is 0.615. The van der Waals surface area contributed by atoms with Crippen LogP contribution in [0.25, 0.3) is 0 Å². The minimum atomic E-state index is -3.64. The number of hydrogen-bond donors (Lipinski definition) is 1. The number of amides is 1. The SMILES string of the molecule is COc1ccc(S(=O)(=O)N2CCC[C@@H](C(=O)NCCOCc3ccccc3)C2)cc1. The summed E-state index contributed by atoms with van der Waals surface area (Å²) in [6.07, 6.45) is 1.32. The van der Waals surface area contributed by atoms with E-state index in [9.17, 15) is 13.2 Å². The van der Waals surface area contributed by atoms with Gasteiger partial charge in [0.05, 0.1) is 31.1 Å². The Kier molecular flexibility index (Phi) is 7.84. The first-order valence-corrected chi connectivity index (χ1v) is 11.5. The number of piperidine rings is 1. The van der Waals surface area contributed by atoms with Crippen LogP contribution < -0.4 is 10.1 Å². The van der Waals surface area contributed by atoms with Crippen molar-refractivity contribution < 1.29 is 22.7 Å². The fraction of sp³-hybridized carbons (Fsp3) is 0.409. The Morgan fingerprint density at radius 1 is 1.13 bits per heavy atom. The lowest BCUT2D eigenvalue weighted by atomic mass is 9.99. The summed E-state index contributed by atoms with van der Waals surface area (Å²) in [6.45, 7) is 1.89. The summed E-state index contributed by atoms with van der Waals surface area (Å²) in [5.41, 5.74) is 1.08. The number of nitrogens with zero attached hydrogens (tertiary/aromatic N) is 1. The van der Waals surface area contributed by atoms with Gasteiger partial charge >= 0.3 is 0 Å². The number of benzene rings is 2. The van der Waals surface area contributed by atoms with E-state index in [1.807, 2.05) is 30.3 Å². The summed E-state index contributed by atoms with van der Waals surface area (Å²) in [7, 11) is -2.11. The maximum Gasteiger partial charge on any atom is 0.243 e. The second-order valence-corrected chi connectivity index (χ2v) is 9.14. The summed E-state index contributed by atoms with van der Waals surface area (Å²) in [6, 6.07) is 16.1. The summed E-state index contributed by atoms with van der Waals surface area (Å²) >= 11 is 0. The van der Waals surface area contributed by atoms with Gasteiger partial charge in [0.25, 0.3) is 0 Å². The number of methoxy groups -OCH3 is 1. The first-order valence-electron chi connectivity index (χ1n) is 10.0. The van der Waals surface area contributed by atoms with E-state index < -0.39 is 10.0 Å². The molecule has 1 fully saturated rings. The molecule has 1 amide bonds. The lowest BCUT2D eigenvalue weighted by Gasteiger charge is -2.31. The third-order valence-corrected chi connectivity index (χ3v) is 6.99. The smallest absolute Gasteiger partial charge is 0.243 e. The minimum Gasteiger partial charge on any atom is -0.497 e. The van der Waals surface area contributed by atoms with E-state index in [1.165, 1.54) is 23.5 Å². The Morgan fingerprint density at radius 3 is 2.57 bits per heavy atom. The van der Waals surface area contributed by atoms with Gasteiger partial charge in [0.1, 0.15) is 5.75 Å². The number of ether oxygens (including phenoxy) is 2. The van der Waals surface area contributed by atoms with Crippen LogP contribution in [0.3, 0.4) is 0 Å². The van der Waals surface area contributed by atoms with Gasteiger partial charge in [-0.15, -0.1) is 0 Å². The molecule has 0 aliphatic carbocycles. The summed E-state index contributed by atoms with van der Waals surface area (Å²) in [5.74, 6) is 0.105. The van der Waals surface area contributed by atoms with Gasteiger partial charge in [-0.1, -0.05) is 30.3 Å². The van der Waals surface area contributed by atoms with E-state index in [4.69, 9.17) is 9.47 Å². The molecule has 2 aromatic rings. The lowest BCUT2D eigenvalue weighted by Crippen LogP contribution is -2.45. The topological polar surface area (TPSA) is 84.9 Å². The molecular formula is C22H28N2O5S. The molecule has 1 aliphatic heterocycles. The van der Waals surface area contributed by atoms with Crippen LogP contribution in [0.2, 0.25) is 0 Å². The fourth-order valence-electron chi connectivity index (χ4n) is 3.43. The van der Waals surface area contributed by atoms with Crippen molar-refractivity contribution in [3.63, 3.8) is 0 Å². The molecule has 3 rings (SSSR count). The first kappa shape index (κ1) is 22.3. The third-order valence-electron chi connectivity index (χ3n) is 5.11. The molecule has 162 valence electrons. The van der Waals surface area contributed by atoms with Crippen molar-refractivity contribution in [3.05, 3.63) is 60.2 Å². The average molecular weight is 433 g/mol. The molecule has 2 aromatic carbocycles. The monoisotopic (exact) mass is 432 g/mol. The maximum absolute atomic E-state index is 12.9. The Morgan fingerprint density at radius 2 is 1.87 bits per heavy atom. The molecule has 1 heterocycles. The predicted octanol–water partition coefficient (Wildman–Crippen LogP) is 2.43. The molecule has 0 radical (unpaired) electrons. The van der Waals surface area contributed by atoms with Crippen molar-refractivity contribution in [1.82, 2.24) is 9.62 Å². The van der Waals surface area contributed by atoms with Gasteiger partial charge in [0.15, 0.2) is 0 Å². The second-order valence-electron chi connectivity index (χ2n) is 7.21. The van der Waals surface area contributed by atoms with Crippen molar-refractivity contribution in [3.8, 4) is 5.75 Å². The van der Waals surface area contributed by atoms with Gasteiger partial charge in [-0.3, -0.25) is 4.79 Å². The van der Waals surface area contributed by atoms with E-state index in [-0.39, 0.29) is 23.3 Å². The van der Waals surface area contributed by atoms with Gasteiger partial charge < -0.3 is 14.8 Å². The molecular weight excluding hydrogens is 404 g/mol. The van der Waals surface area contributed by atoms with E-state index >= 15 is 0 Å². The number of sulfonamides is 1. The Bertz CT molecular complexity index is 916. The highest BCUT2D eigenvalue weighted by molar-refractivity contribution is 7.89. The molecule has 1 aliphatic rings. The van der Waals surface area contributed by atoms with Crippen LogP contribution in [-0.2, 0) is 26.2 Å². The normalized spacial score (nSPS) is 17.4. The van der Waals surface area contributed by atoms with Crippen molar-refractivity contribution in [2.75, 3.05) is 33.4 Å². The maximum atomic E-state index is 12.9. The molecule has 7 nitrogen and oxygen atoms in total. The number of hydrogen-bond acceptors (Lipinski definition) is 5. The fourth-order valence-corrected chi connectivity index (χ4v) is 4.95. The molecule has 30 heavy (non-hydrogen) atoms. The van der Waals surface area contributed by atoms with E-state index in [0.717, 1.165) is 5.56 Å². The zero-order valence-electron chi connectivity index (χ0n) is 17.1. The van der Waals surface area contributed by atoms with Gasteiger partial charge in [0.2, 0.25) is 15.9 Å². The molecule has 1 N–H and O–H groups in total. The van der Waals surface area contributed by atoms with Crippen molar-refractivity contribution in [2.45, 2.75) is 24.3 Å². The predicted molar refractivity (Wildman–Crippen MR) is 114 cm³/mol. The number of nitrogens with one attached hydrogen (secondary N) is 1. The Labute approximate surface area is 178 Å². The Hall–Kier alpha value is -2.42. The van der Waals surface area contributed by atoms with Crippen molar-refractivity contribution in [1.29, 1.82) is 0 Å². The van der Waals surface area contributed by atoms with Gasteiger partial charge in [-0.05, 0) is 42.7 Å². The van der Waals surface area contributed by atoms with Gasteiger partial charge in [0, 0.05) is 19.6 Å². The highest BCUT2D eigenvalue weighted by Gasteiger charge is 2.33. The minimum absolute atomic E-state index is 0.132. The largest absolute Gasteiger partial charge is 0.497 e. The van der Waals surface area contributed by atoms with E-state index in [2.05, 4.69) is 5.32 Å².